The van der Waals surface area contributed by atoms with E-state index in [9.17, 15) is 0 Å². The van der Waals surface area contributed by atoms with Crippen molar-refractivity contribution < 1.29 is 9.47 Å². The zero-order valence-corrected chi connectivity index (χ0v) is 8.87. The number of hydrogen-bond donors (Lipinski definition) is 0. The van der Waals surface area contributed by atoms with Gasteiger partial charge >= 0.3 is 0 Å². The summed E-state index contributed by atoms with van der Waals surface area (Å²) in [4.78, 5) is 8.94. The maximum atomic E-state index is 5.64. The summed E-state index contributed by atoms with van der Waals surface area (Å²) >= 11 is 0. The van der Waals surface area contributed by atoms with E-state index in [0.717, 1.165) is 50.9 Å². The maximum absolute atomic E-state index is 5.64. The van der Waals surface area contributed by atoms with Gasteiger partial charge < -0.3 is 9.47 Å². The van der Waals surface area contributed by atoms with Crippen molar-refractivity contribution >= 4 is 11.8 Å². The molecule has 82 valence electrons. The molecule has 1 fully saturated rings. The predicted octanol–water partition coefficient (Wildman–Crippen LogP) is 1.40. The van der Waals surface area contributed by atoms with Crippen LogP contribution in [-0.2, 0) is 9.47 Å². The Balaban J connectivity index is 1.93. The van der Waals surface area contributed by atoms with Crippen LogP contribution in [0.4, 0.5) is 0 Å². The second kappa shape index (κ2) is 3.51. The van der Waals surface area contributed by atoms with Gasteiger partial charge in [-0.1, -0.05) is 12.8 Å². The number of ether oxygens (including phenoxy) is 2. The van der Waals surface area contributed by atoms with Gasteiger partial charge in [-0.3, -0.25) is 9.98 Å². The Bertz CT molecular complexity index is 291. The van der Waals surface area contributed by atoms with Gasteiger partial charge in [0.1, 0.15) is 18.6 Å². The standard InChI is InChI=1S/C11H16N2O2/c1-2-4-11(3-1,9-12-5-7-14-9)10-13-6-8-15-10/h1-8H2. The Morgan fingerprint density at radius 1 is 0.867 bits per heavy atom. The normalized spacial score (nSPS) is 28.3. The van der Waals surface area contributed by atoms with Crippen LogP contribution in [0.2, 0.25) is 0 Å². The first kappa shape index (κ1) is 9.19. The molecule has 1 saturated carbocycles. The first-order valence-corrected chi connectivity index (χ1v) is 5.77. The number of aliphatic imine (C=N–C) groups is 2. The molecule has 0 aromatic heterocycles. The Labute approximate surface area is 89.4 Å². The maximum Gasteiger partial charge on any atom is 0.199 e. The summed E-state index contributed by atoms with van der Waals surface area (Å²) in [7, 11) is 0. The van der Waals surface area contributed by atoms with Crippen molar-refractivity contribution in [3.8, 4) is 0 Å². The molecule has 15 heavy (non-hydrogen) atoms. The van der Waals surface area contributed by atoms with Crippen molar-refractivity contribution in [3.63, 3.8) is 0 Å². The Morgan fingerprint density at radius 2 is 1.40 bits per heavy atom. The van der Waals surface area contributed by atoms with Crippen molar-refractivity contribution in [1.29, 1.82) is 0 Å². The molecule has 0 aromatic rings. The minimum Gasteiger partial charge on any atom is -0.478 e. The van der Waals surface area contributed by atoms with Gasteiger partial charge in [0.2, 0.25) is 0 Å². The average Bonchev–Trinajstić information content (AvgIpc) is 3.02. The van der Waals surface area contributed by atoms with Crippen molar-refractivity contribution in [2.24, 2.45) is 15.4 Å². The van der Waals surface area contributed by atoms with Crippen LogP contribution in [0.15, 0.2) is 9.98 Å². The summed E-state index contributed by atoms with van der Waals surface area (Å²) in [6.07, 6.45) is 4.63. The molecular weight excluding hydrogens is 192 g/mol. The van der Waals surface area contributed by atoms with Crippen LogP contribution in [0.5, 0.6) is 0 Å². The third-order valence-corrected chi connectivity index (χ3v) is 3.45. The Kier molecular flexibility index (Phi) is 2.15. The molecule has 0 saturated heterocycles. The van der Waals surface area contributed by atoms with E-state index in [4.69, 9.17) is 9.47 Å². The van der Waals surface area contributed by atoms with E-state index in [-0.39, 0.29) is 5.41 Å². The smallest absolute Gasteiger partial charge is 0.199 e. The monoisotopic (exact) mass is 208 g/mol. The van der Waals surface area contributed by atoms with Crippen LogP contribution in [0, 0.1) is 5.41 Å². The summed E-state index contributed by atoms with van der Waals surface area (Å²) < 4.78 is 11.3. The lowest BCUT2D eigenvalue weighted by Crippen LogP contribution is -2.37. The van der Waals surface area contributed by atoms with E-state index < -0.39 is 0 Å². The van der Waals surface area contributed by atoms with Gasteiger partial charge in [0.05, 0.1) is 13.1 Å². The third-order valence-electron chi connectivity index (χ3n) is 3.45. The molecule has 3 rings (SSSR count). The van der Waals surface area contributed by atoms with Crippen molar-refractivity contribution in [1.82, 2.24) is 0 Å². The molecule has 4 nitrogen and oxygen atoms in total. The molecule has 0 atom stereocenters. The van der Waals surface area contributed by atoms with Crippen molar-refractivity contribution in [2.75, 3.05) is 26.3 Å². The van der Waals surface area contributed by atoms with Crippen LogP contribution < -0.4 is 0 Å². The largest absolute Gasteiger partial charge is 0.478 e. The first-order valence-electron chi connectivity index (χ1n) is 5.77. The van der Waals surface area contributed by atoms with Gasteiger partial charge in [-0.25, -0.2) is 0 Å². The summed E-state index contributed by atoms with van der Waals surface area (Å²) in [5, 5.41) is 0. The second-order valence-electron chi connectivity index (χ2n) is 4.36. The van der Waals surface area contributed by atoms with Crippen LogP contribution in [0.3, 0.4) is 0 Å². The summed E-state index contributed by atoms with van der Waals surface area (Å²) in [6, 6.07) is 0. The van der Waals surface area contributed by atoms with Crippen molar-refractivity contribution in [2.45, 2.75) is 25.7 Å². The van der Waals surface area contributed by atoms with Gasteiger partial charge in [-0.15, -0.1) is 0 Å². The minimum absolute atomic E-state index is 0.0903. The van der Waals surface area contributed by atoms with Gasteiger partial charge in [0, 0.05) is 0 Å². The van der Waals surface area contributed by atoms with E-state index in [1.807, 2.05) is 0 Å². The quantitative estimate of drug-likeness (QED) is 0.688. The Hall–Kier alpha value is -1.06. The van der Waals surface area contributed by atoms with E-state index in [1.54, 1.807) is 0 Å². The van der Waals surface area contributed by atoms with E-state index >= 15 is 0 Å². The molecule has 2 aliphatic heterocycles. The molecule has 0 bridgehead atoms. The highest BCUT2D eigenvalue weighted by molar-refractivity contribution is 6.06. The molecule has 0 radical (unpaired) electrons. The van der Waals surface area contributed by atoms with Gasteiger partial charge in [-0.2, -0.15) is 0 Å². The third kappa shape index (κ3) is 1.34. The molecule has 0 aromatic carbocycles. The van der Waals surface area contributed by atoms with Crippen LogP contribution >= 0.6 is 0 Å². The Morgan fingerprint density at radius 3 is 1.80 bits per heavy atom. The van der Waals surface area contributed by atoms with Gasteiger partial charge in [0.25, 0.3) is 0 Å². The fourth-order valence-electron chi connectivity index (χ4n) is 2.75. The summed E-state index contributed by atoms with van der Waals surface area (Å²) in [5.74, 6) is 1.78. The number of nitrogens with zero attached hydrogens (tertiary/aromatic N) is 2. The molecule has 2 heterocycles. The minimum atomic E-state index is -0.0903. The molecular formula is C11H16N2O2. The average molecular weight is 208 g/mol. The molecule has 1 aliphatic carbocycles. The molecule has 0 amide bonds. The highest BCUT2D eigenvalue weighted by Crippen LogP contribution is 2.43. The zero-order chi connectivity index (χ0) is 10.1. The molecule has 0 spiro atoms. The number of hydrogen-bond acceptors (Lipinski definition) is 4. The molecule has 0 N–H and O–H groups in total. The lowest BCUT2D eigenvalue weighted by Gasteiger charge is -2.26. The zero-order valence-electron chi connectivity index (χ0n) is 8.87. The fraction of sp³-hybridized carbons (Fsp3) is 0.818. The molecule has 4 heteroatoms. The van der Waals surface area contributed by atoms with E-state index in [1.165, 1.54) is 12.8 Å². The van der Waals surface area contributed by atoms with Crippen molar-refractivity contribution in [3.05, 3.63) is 0 Å². The van der Waals surface area contributed by atoms with Crippen LogP contribution in [0.1, 0.15) is 25.7 Å². The lowest BCUT2D eigenvalue weighted by atomic mass is 9.85. The van der Waals surface area contributed by atoms with E-state index in [0.29, 0.717) is 0 Å². The highest BCUT2D eigenvalue weighted by Gasteiger charge is 2.48. The number of rotatable bonds is 2. The highest BCUT2D eigenvalue weighted by atomic mass is 16.5. The fourth-order valence-corrected chi connectivity index (χ4v) is 2.75. The summed E-state index contributed by atoms with van der Waals surface area (Å²) in [5.41, 5.74) is -0.0903. The molecule has 0 unspecified atom stereocenters. The first-order chi connectivity index (χ1) is 7.42. The SMILES string of the molecule is C1CCC(C2=NCCO2)(C2=NCCO2)C1. The molecule has 3 aliphatic rings. The van der Waals surface area contributed by atoms with Gasteiger partial charge in [0.15, 0.2) is 11.8 Å². The second-order valence-corrected chi connectivity index (χ2v) is 4.36. The lowest BCUT2D eigenvalue weighted by molar-refractivity contribution is 0.268. The van der Waals surface area contributed by atoms with Crippen LogP contribution in [-0.4, -0.2) is 38.1 Å². The topological polar surface area (TPSA) is 43.2 Å². The van der Waals surface area contributed by atoms with Gasteiger partial charge in [-0.05, 0) is 12.8 Å². The van der Waals surface area contributed by atoms with Crippen LogP contribution in [0.25, 0.3) is 0 Å². The van der Waals surface area contributed by atoms with E-state index in [2.05, 4.69) is 9.98 Å². The summed E-state index contributed by atoms with van der Waals surface area (Å²) in [6.45, 7) is 3.05. The predicted molar refractivity (Wildman–Crippen MR) is 57.4 cm³/mol.